The van der Waals surface area contributed by atoms with E-state index in [1.807, 2.05) is 14.0 Å². The van der Waals surface area contributed by atoms with Crippen LogP contribution in [0.4, 0.5) is 0 Å². The SMILES string of the molecule is CCc1nn(C)c(COc2ccc(CC(=O)O)cc2)c1Cl. The van der Waals surface area contributed by atoms with E-state index < -0.39 is 5.97 Å². The van der Waals surface area contributed by atoms with Crippen LogP contribution in [0.15, 0.2) is 24.3 Å². The predicted molar refractivity (Wildman–Crippen MR) is 79.7 cm³/mol. The zero-order valence-corrected chi connectivity index (χ0v) is 12.7. The van der Waals surface area contributed by atoms with Gasteiger partial charge in [0.1, 0.15) is 12.4 Å². The van der Waals surface area contributed by atoms with Crippen LogP contribution in [0, 0.1) is 0 Å². The van der Waals surface area contributed by atoms with Crippen LogP contribution in [0.5, 0.6) is 5.75 Å². The van der Waals surface area contributed by atoms with Gasteiger partial charge < -0.3 is 9.84 Å². The van der Waals surface area contributed by atoms with Crippen molar-refractivity contribution in [2.75, 3.05) is 0 Å². The fraction of sp³-hybridized carbons (Fsp3) is 0.333. The number of halogens is 1. The highest BCUT2D eigenvalue weighted by Gasteiger charge is 2.13. The van der Waals surface area contributed by atoms with Crippen molar-refractivity contribution in [1.82, 2.24) is 9.78 Å². The number of aryl methyl sites for hydroxylation is 2. The average molecular weight is 309 g/mol. The summed E-state index contributed by atoms with van der Waals surface area (Å²) in [6, 6.07) is 6.99. The van der Waals surface area contributed by atoms with Crippen LogP contribution >= 0.6 is 11.6 Å². The monoisotopic (exact) mass is 308 g/mol. The predicted octanol–water partition coefficient (Wildman–Crippen LogP) is 2.84. The number of benzene rings is 1. The van der Waals surface area contributed by atoms with Crippen LogP contribution in [0.3, 0.4) is 0 Å². The molecular weight excluding hydrogens is 292 g/mol. The number of aromatic nitrogens is 2. The lowest BCUT2D eigenvalue weighted by molar-refractivity contribution is -0.136. The highest BCUT2D eigenvalue weighted by Crippen LogP contribution is 2.22. The molecule has 0 amide bonds. The Kier molecular flexibility index (Phi) is 4.85. The van der Waals surface area contributed by atoms with Gasteiger partial charge in [0.2, 0.25) is 0 Å². The van der Waals surface area contributed by atoms with Gasteiger partial charge in [-0.3, -0.25) is 9.48 Å². The van der Waals surface area contributed by atoms with Crippen molar-refractivity contribution in [3.05, 3.63) is 46.2 Å². The number of rotatable bonds is 6. The molecule has 2 rings (SSSR count). The van der Waals surface area contributed by atoms with E-state index in [0.29, 0.717) is 17.4 Å². The Morgan fingerprint density at radius 3 is 2.57 bits per heavy atom. The van der Waals surface area contributed by atoms with Crippen LogP contribution < -0.4 is 4.74 Å². The van der Waals surface area contributed by atoms with Gasteiger partial charge in [-0.2, -0.15) is 5.10 Å². The zero-order chi connectivity index (χ0) is 15.4. The number of carboxylic acids is 1. The molecular formula is C15H17ClN2O3. The number of carboxylic acid groups (broad SMARTS) is 1. The molecule has 0 fully saturated rings. The molecule has 6 heteroatoms. The van der Waals surface area contributed by atoms with Crippen LogP contribution in [-0.4, -0.2) is 20.9 Å². The molecule has 112 valence electrons. The first kappa shape index (κ1) is 15.4. The minimum Gasteiger partial charge on any atom is -0.487 e. The maximum atomic E-state index is 10.6. The standard InChI is InChI=1S/C15H17ClN2O3/c1-3-12-15(16)13(18(2)17-12)9-21-11-6-4-10(5-7-11)8-14(19)20/h4-7H,3,8-9H2,1-2H3,(H,19,20). The summed E-state index contributed by atoms with van der Waals surface area (Å²) in [5.41, 5.74) is 2.42. The zero-order valence-electron chi connectivity index (χ0n) is 12.0. The molecule has 21 heavy (non-hydrogen) atoms. The van der Waals surface area contributed by atoms with Gasteiger partial charge in [0, 0.05) is 7.05 Å². The molecule has 0 atom stereocenters. The van der Waals surface area contributed by atoms with Crippen molar-refractivity contribution < 1.29 is 14.6 Å². The third-order valence-electron chi connectivity index (χ3n) is 3.16. The second-order valence-electron chi connectivity index (χ2n) is 4.69. The third-order valence-corrected chi connectivity index (χ3v) is 3.59. The summed E-state index contributed by atoms with van der Waals surface area (Å²) >= 11 is 6.25. The van der Waals surface area contributed by atoms with Crippen LogP contribution in [0.25, 0.3) is 0 Å². The van der Waals surface area contributed by atoms with E-state index in [9.17, 15) is 4.79 Å². The molecule has 5 nitrogen and oxygen atoms in total. The van der Waals surface area contributed by atoms with Crippen LogP contribution in [0.2, 0.25) is 5.02 Å². The molecule has 1 aromatic carbocycles. The normalized spacial score (nSPS) is 10.6. The van der Waals surface area contributed by atoms with Gasteiger partial charge in [-0.05, 0) is 24.1 Å². The van der Waals surface area contributed by atoms with Crippen molar-refractivity contribution in [3.63, 3.8) is 0 Å². The van der Waals surface area contributed by atoms with Gasteiger partial charge in [0.25, 0.3) is 0 Å². The van der Waals surface area contributed by atoms with Crippen molar-refractivity contribution in [2.24, 2.45) is 7.05 Å². The summed E-state index contributed by atoms with van der Waals surface area (Å²) in [6.45, 7) is 2.32. The van der Waals surface area contributed by atoms with Crippen molar-refractivity contribution in [3.8, 4) is 5.75 Å². The molecule has 2 aromatic rings. The Hall–Kier alpha value is -2.01. The van der Waals surface area contributed by atoms with Crippen LogP contribution in [-0.2, 0) is 31.3 Å². The molecule has 0 aliphatic carbocycles. The summed E-state index contributed by atoms with van der Waals surface area (Å²) < 4.78 is 7.40. The number of hydrogen-bond acceptors (Lipinski definition) is 3. The maximum absolute atomic E-state index is 10.6. The lowest BCUT2D eigenvalue weighted by Gasteiger charge is -2.07. The summed E-state index contributed by atoms with van der Waals surface area (Å²) in [6.07, 6.45) is 0.782. The largest absolute Gasteiger partial charge is 0.487 e. The van der Waals surface area contributed by atoms with Crippen LogP contribution in [0.1, 0.15) is 23.9 Å². The Morgan fingerprint density at radius 2 is 2.05 bits per heavy atom. The molecule has 0 radical (unpaired) electrons. The van der Waals surface area contributed by atoms with Crippen molar-refractivity contribution in [2.45, 2.75) is 26.4 Å². The van der Waals surface area contributed by atoms with E-state index >= 15 is 0 Å². The maximum Gasteiger partial charge on any atom is 0.307 e. The van der Waals surface area contributed by atoms with E-state index in [0.717, 1.165) is 23.4 Å². The molecule has 0 aliphatic rings. The minimum atomic E-state index is -0.850. The molecule has 0 bridgehead atoms. The van der Waals surface area contributed by atoms with E-state index in [1.54, 1.807) is 28.9 Å². The second-order valence-corrected chi connectivity index (χ2v) is 5.07. The van der Waals surface area contributed by atoms with Gasteiger partial charge in [-0.1, -0.05) is 30.7 Å². The average Bonchev–Trinajstić information content (AvgIpc) is 2.72. The van der Waals surface area contributed by atoms with Gasteiger partial charge in [0.05, 0.1) is 22.8 Å². The number of carbonyl (C=O) groups is 1. The lowest BCUT2D eigenvalue weighted by atomic mass is 10.1. The van der Waals surface area contributed by atoms with Gasteiger partial charge in [-0.15, -0.1) is 0 Å². The quantitative estimate of drug-likeness (QED) is 0.891. The first-order chi connectivity index (χ1) is 10.0. The smallest absolute Gasteiger partial charge is 0.307 e. The number of aliphatic carboxylic acids is 1. The molecule has 0 saturated heterocycles. The Bertz CT molecular complexity index is 635. The molecule has 1 N–H and O–H groups in total. The highest BCUT2D eigenvalue weighted by atomic mass is 35.5. The Balaban J connectivity index is 2.03. The number of nitrogens with zero attached hydrogens (tertiary/aromatic N) is 2. The van der Waals surface area contributed by atoms with Crippen molar-refractivity contribution >= 4 is 17.6 Å². The van der Waals surface area contributed by atoms with Gasteiger partial charge in [0.15, 0.2) is 0 Å². The number of ether oxygens (including phenoxy) is 1. The van der Waals surface area contributed by atoms with Gasteiger partial charge >= 0.3 is 5.97 Å². The van der Waals surface area contributed by atoms with Crippen molar-refractivity contribution in [1.29, 1.82) is 0 Å². The molecule has 1 aromatic heterocycles. The Labute approximate surface area is 128 Å². The van der Waals surface area contributed by atoms with Gasteiger partial charge in [-0.25, -0.2) is 0 Å². The molecule has 1 heterocycles. The summed E-state index contributed by atoms with van der Waals surface area (Å²) in [4.78, 5) is 10.6. The first-order valence-corrected chi connectivity index (χ1v) is 7.02. The highest BCUT2D eigenvalue weighted by molar-refractivity contribution is 6.31. The van der Waals surface area contributed by atoms with E-state index in [1.165, 1.54) is 0 Å². The van der Waals surface area contributed by atoms with E-state index in [-0.39, 0.29) is 6.42 Å². The molecule has 0 saturated carbocycles. The summed E-state index contributed by atoms with van der Waals surface area (Å²) in [7, 11) is 1.83. The summed E-state index contributed by atoms with van der Waals surface area (Å²) in [5, 5.41) is 13.7. The third kappa shape index (κ3) is 3.76. The fourth-order valence-electron chi connectivity index (χ4n) is 2.01. The van der Waals surface area contributed by atoms with E-state index in [2.05, 4.69) is 5.10 Å². The molecule has 0 unspecified atom stereocenters. The topological polar surface area (TPSA) is 64.4 Å². The Morgan fingerprint density at radius 1 is 1.38 bits per heavy atom. The fourth-order valence-corrected chi connectivity index (χ4v) is 2.35. The summed E-state index contributed by atoms with van der Waals surface area (Å²) in [5.74, 6) is -0.183. The molecule has 0 spiro atoms. The second kappa shape index (κ2) is 6.63. The lowest BCUT2D eigenvalue weighted by Crippen LogP contribution is -2.04. The molecule has 0 aliphatic heterocycles. The number of hydrogen-bond donors (Lipinski definition) is 1. The minimum absolute atomic E-state index is 0.00764. The van der Waals surface area contributed by atoms with E-state index in [4.69, 9.17) is 21.4 Å². The first-order valence-electron chi connectivity index (χ1n) is 6.65.